The Morgan fingerprint density at radius 3 is 2.93 bits per heavy atom. The minimum Gasteiger partial charge on any atom is -0.465 e. The summed E-state index contributed by atoms with van der Waals surface area (Å²) < 4.78 is 6.66. The van der Waals surface area contributed by atoms with Crippen LogP contribution < -0.4 is 0 Å². The highest BCUT2D eigenvalue weighted by Gasteiger charge is 2.10. The van der Waals surface area contributed by atoms with Gasteiger partial charge in [0.2, 0.25) is 0 Å². The predicted molar refractivity (Wildman–Crippen MR) is 54.0 cm³/mol. The summed E-state index contributed by atoms with van der Waals surface area (Å²) in [5.41, 5.74) is 0. The molecule has 1 aromatic heterocycles. The van der Waals surface area contributed by atoms with Crippen LogP contribution in [0.1, 0.15) is 12.7 Å². The topological polar surface area (TPSA) is 60.2 Å². The van der Waals surface area contributed by atoms with Crippen molar-refractivity contribution >= 4 is 5.97 Å². The van der Waals surface area contributed by atoms with Gasteiger partial charge >= 0.3 is 5.97 Å². The van der Waals surface area contributed by atoms with Gasteiger partial charge in [0.15, 0.2) is 0 Å². The molecule has 84 valence electrons. The number of carbonyl (C=O) groups is 1. The van der Waals surface area contributed by atoms with E-state index >= 15 is 0 Å². The monoisotopic (exact) mass is 212 g/mol. The van der Waals surface area contributed by atoms with Gasteiger partial charge in [0.25, 0.3) is 0 Å². The molecular formula is C9H16N4O2. The largest absolute Gasteiger partial charge is 0.465 e. The number of hydrogen-bond acceptors (Lipinski definition) is 5. The van der Waals surface area contributed by atoms with Crippen molar-refractivity contribution in [3.63, 3.8) is 0 Å². The average Bonchev–Trinajstić information content (AvgIpc) is 2.52. The van der Waals surface area contributed by atoms with Crippen LogP contribution in [0.25, 0.3) is 0 Å². The smallest absolute Gasteiger partial charge is 0.320 e. The Morgan fingerprint density at radius 2 is 2.40 bits per heavy atom. The number of aromatic nitrogens is 3. The van der Waals surface area contributed by atoms with Gasteiger partial charge in [-0.3, -0.25) is 9.69 Å². The summed E-state index contributed by atoms with van der Waals surface area (Å²) in [7, 11) is 3.71. The zero-order valence-corrected chi connectivity index (χ0v) is 9.30. The number of aryl methyl sites for hydroxylation is 1. The first-order chi connectivity index (χ1) is 7.13. The average molecular weight is 212 g/mol. The van der Waals surface area contributed by atoms with Crippen LogP contribution >= 0.6 is 0 Å². The van der Waals surface area contributed by atoms with Gasteiger partial charge in [-0.2, -0.15) is 0 Å². The third-order valence-corrected chi connectivity index (χ3v) is 1.92. The summed E-state index contributed by atoms with van der Waals surface area (Å²) in [4.78, 5) is 13.0. The van der Waals surface area contributed by atoms with E-state index < -0.39 is 0 Å². The second-order valence-electron chi connectivity index (χ2n) is 3.34. The summed E-state index contributed by atoms with van der Waals surface area (Å²) in [6.45, 7) is 3.05. The zero-order chi connectivity index (χ0) is 11.3. The lowest BCUT2D eigenvalue weighted by atomic mass is 10.5. The Bertz CT molecular complexity index is 324. The van der Waals surface area contributed by atoms with E-state index in [2.05, 4.69) is 10.2 Å². The fourth-order valence-corrected chi connectivity index (χ4v) is 1.17. The lowest BCUT2D eigenvalue weighted by Crippen LogP contribution is -2.28. The summed E-state index contributed by atoms with van der Waals surface area (Å²) in [6, 6.07) is 0. The van der Waals surface area contributed by atoms with Crippen molar-refractivity contribution in [3.05, 3.63) is 12.2 Å². The maximum absolute atomic E-state index is 11.2. The van der Waals surface area contributed by atoms with Crippen LogP contribution in [0.15, 0.2) is 6.33 Å². The first-order valence-electron chi connectivity index (χ1n) is 4.80. The minimum atomic E-state index is -0.220. The quantitative estimate of drug-likeness (QED) is 0.633. The molecule has 0 unspecified atom stereocenters. The molecule has 0 saturated heterocycles. The van der Waals surface area contributed by atoms with Gasteiger partial charge < -0.3 is 9.30 Å². The van der Waals surface area contributed by atoms with Crippen LogP contribution in [-0.4, -0.2) is 45.8 Å². The van der Waals surface area contributed by atoms with Gasteiger partial charge in [0.05, 0.1) is 19.7 Å². The minimum absolute atomic E-state index is 0.220. The van der Waals surface area contributed by atoms with Crippen LogP contribution in [0.2, 0.25) is 0 Å². The van der Waals surface area contributed by atoms with Crippen LogP contribution in [0.5, 0.6) is 0 Å². The molecule has 1 rings (SSSR count). The molecule has 0 aromatic carbocycles. The predicted octanol–water partition coefficient (Wildman–Crippen LogP) is -0.190. The first-order valence-corrected chi connectivity index (χ1v) is 4.80. The van der Waals surface area contributed by atoms with Crippen molar-refractivity contribution in [2.24, 2.45) is 7.05 Å². The second kappa shape index (κ2) is 5.45. The summed E-state index contributed by atoms with van der Waals surface area (Å²) >= 11 is 0. The van der Waals surface area contributed by atoms with Gasteiger partial charge in [-0.1, -0.05) is 0 Å². The van der Waals surface area contributed by atoms with Crippen molar-refractivity contribution in [1.82, 2.24) is 19.7 Å². The van der Waals surface area contributed by atoms with E-state index in [9.17, 15) is 4.79 Å². The van der Waals surface area contributed by atoms with E-state index in [-0.39, 0.29) is 12.5 Å². The van der Waals surface area contributed by atoms with Crippen molar-refractivity contribution < 1.29 is 9.53 Å². The highest BCUT2D eigenvalue weighted by Crippen LogP contribution is 1.97. The number of ether oxygens (including phenoxy) is 1. The number of likely N-dealkylation sites (N-methyl/N-ethyl adjacent to an activating group) is 1. The van der Waals surface area contributed by atoms with Crippen LogP contribution in [0.4, 0.5) is 0 Å². The molecule has 0 N–H and O–H groups in total. The van der Waals surface area contributed by atoms with Gasteiger partial charge in [-0.25, -0.2) is 0 Å². The Hall–Kier alpha value is -1.43. The molecule has 6 nitrogen and oxygen atoms in total. The lowest BCUT2D eigenvalue weighted by molar-refractivity contribution is -0.144. The highest BCUT2D eigenvalue weighted by atomic mass is 16.5. The molecule has 0 atom stereocenters. The maximum atomic E-state index is 11.2. The summed E-state index contributed by atoms with van der Waals surface area (Å²) in [5, 5.41) is 7.69. The molecule has 0 radical (unpaired) electrons. The molecule has 0 spiro atoms. The molecule has 1 aromatic rings. The molecule has 0 saturated carbocycles. The molecule has 0 fully saturated rings. The Kier molecular flexibility index (Phi) is 4.23. The van der Waals surface area contributed by atoms with Crippen molar-refractivity contribution in [1.29, 1.82) is 0 Å². The highest BCUT2D eigenvalue weighted by molar-refractivity contribution is 5.71. The van der Waals surface area contributed by atoms with Crippen LogP contribution in [0, 0.1) is 0 Å². The SMILES string of the molecule is CCOC(=O)CN(C)Cc1nncn1C. The molecule has 0 amide bonds. The lowest BCUT2D eigenvalue weighted by Gasteiger charge is -2.14. The van der Waals surface area contributed by atoms with Crippen molar-refractivity contribution in [2.75, 3.05) is 20.2 Å². The van der Waals surface area contributed by atoms with E-state index in [4.69, 9.17) is 4.74 Å². The fourth-order valence-electron chi connectivity index (χ4n) is 1.17. The normalized spacial score (nSPS) is 10.7. The molecule has 0 aliphatic carbocycles. The molecule has 0 aliphatic rings. The van der Waals surface area contributed by atoms with E-state index in [1.54, 1.807) is 13.3 Å². The second-order valence-corrected chi connectivity index (χ2v) is 3.34. The van der Waals surface area contributed by atoms with E-state index in [1.165, 1.54) is 0 Å². The zero-order valence-electron chi connectivity index (χ0n) is 9.30. The number of rotatable bonds is 5. The molecule has 15 heavy (non-hydrogen) atoms. The molecule has 6 heteroatoms. The molecular weight excluding hydrogens is 196 g/mol. The third-order valence-electron chi connectivity index (χ3n) is 1.92. The van der Waals surface area contributed by atoms with E-state index in [1.807, 2.05) is 23.6 Å². The van der Waals surface area contributed by atoms with Gasteiger partial charge in [0.1, 0.15) is 12.2 Å². The van der Waals surface area contributed by atoms with Crippen LogP contribution in [0.3, 0.4) is 0 Å². The molecule has 0 bridgehead atoms. The van der Waals surface area contributed by atoms with Crippen LogP contribution in [-0.2, 0) is 23.1 Å². The number of nitrogens with zero attached hydrogens (tertiary/aromatic N) is 4. The third kappa shape index (κ3) is 3.67. The molecule has 1 heterocycles. The summed E-state index contributed by atoms with van der Waals surface area (Å²) in [5.74, 6) is 0.601. The Balaban J connectivity index is 2.39. The van der Waals surface area contributed by atoms with E-state index in [0.717, 1.165) is 5.82 Å². The molecule has 0 aliphatic heterocycles. The number of carbonyl (C=O) groups excluding carboxylic acids is 1. The van der Waals surface area contributed by atoms with Crippen molar-refractivity contribution in [2.45, 2.75) is 13.5 Å². The van der Waals surface area contributed by atoms with Gasteiger partial charge in [0, 0.05) is 7.05 Å². The standard InChI is InChI=1S/C9H16N4O2/c1-4-15-9(14)6-12(2)5-8-11-10-7-13(8)3/h7H,4-6H2,1-3H3. The fraction of sp³-hybridized carbons (Fsp3) is 0.667. The Labute approximate surface area is 88.8 Å². The Morgan fingerprint density at radius 1 is 1.67 bits per heavy atom. The number of hydrogen-bond donors (Lipinski definition) is 0. The van der Waals surface area contributed by atoms with Gasteiger partial charge in [-0.15, -0.1) is 10.2 Å². The summed E-state index contributed by atoms with van der Waals surface area (Å²) in [6.07, 6.45) is 1.63. The first kappa shape index (κ1) is 11.6. The van der Waals surface area contributed by atoms with E-state index in [0.29, 0.717) is 13.2 Å². The number of esters is 1. The maximum Gasteiger partial charge on any atom is 0.320 e. The van der Waals surface area contributed by atoms with Crippen molar-refractivity contribution in [3.8, 4) is 0 Å². The van der Waals surface area contributed by atoms with Gasteiger partial charge in [-0.05, 0) is 14.0 Å².